The molecule has 0 spiro atoms. The van der Waals surface area contributed by atoms with Crippen molar-refractivity contribution in [1.82, 2.24) is 0 Å². The maximum absolute atomic E-state index is 13.5. The van der Waals surface area contributed by atoms with Crippen molar-refractivity contribution in [3.05, 3.63) is 34.6 Å². The first-order valence-electron chi connectivity index (χ1n) is 5.03. The van der Waals surface area contributed by atoms with E-state index in [1.54, 1.807) is 0 Å². The predicted octanol–water partition coefficient (Wildman–Crippen LogP) is 2.83. The van der Waals surface area contributed by atoms with E-state index >= 15 is 0 Å². The van der Waals surface area contributed by atoms with Crippen molar-refractivity contribution in [1.29, 1.82) is 0 Å². The van der Waals surface area contributed by atoms with Gasteiger partial charge in [-0.25, -0.2) is 13.2 Å². The lowest BCUT2D eigenvalue weighted by molar-refractivity contribution is 0.469. The summed E-state index contributed by atoms with van der Waals surface area (Å²) in [6.07, 6.45) is 2.60. The van der Waals surface area contributed by atoms with Gasteiger partial charge in [-0.05, 0) is 24.8 Å². The Morgan fingerprint density at radius 2 is 1.87 bits per heavy atom. The van der Waals surface area contributed by atoms with E-state index in [2.05, 4.69) is 0 Å². The lowest BCUT2D eigenvalue weighted by Gasteiger charge is -2.14. The minimum atomic E-state index is -1.15. The minimum Gasteiger partial charge on any atom is -0.324 e. The average molecular weight is 215 g/mol. The van der Waals surface area contributed by atoms with Crippen LogP contribution >= 0.6 is 0 Å². The van der Waals surface area contributed by atoms with E-state index in [0.29, 0.717) is 18.9 Å². The molecule has 0 fully saturated rings. The van der Waals surface area contributed by atoms with Crippen molar-refractivity contribution < 1.29 is 13.2 Å². The zero-order chi connectivity index (χ0) is 11.0. The van der Waals surface area contributed by atoms with Crippen molar-refractivity contribution in [3.8, 4) is 0 Å². The number of rotatable bonds is 0. The second kappa shape index (κ2) is 3.85. The van der Waals surface area contributed by atoms with Crippen molar-refractivity contribution >= 4 is 0 Å². The van der Waals surface area contributed by atoms with Gasteiger partial charge in [0.1, 0.15) is 5.82 Å². The minimum absolute atomic E-state index is 0.0324. The summed E-state index contributed by atoms with van der Waals surface area (Å²) in [4.78, 5) is 0. The smallest absolute Gasteiger partial charge is 0.164 e. The molecule has 1 nitrogen and oxygen atoms in total. The highest BCUT2D eigenvalue weighted by Crippen LogP contribution is 2.32. The van der Waals surface area contributed by atoms with Crippen LogP contribution in [0.1, 0.15) is 36.4 Å². The molecule has 1 aliphatic rings. The third-order valence-electron chi connectivity index (χ3n) is 2.88. The lowest BCUT2D eigenvalue weighted by Crippen LogP contribution is -2.15. The highest BCUT2D eigenvalue weighted by molar-refractivity contribution is 5.34. The fraction of sp³-hybridized carbons (Fsp3) is 0.455. The highest BCUT2D eigenvalue weighted by atomic mass is 19.2. The van der Waals surface area contributed by atoms with Crippen LogP contribution in [0, 0.1) is 17.5 Å². The third kappa shape index (κ3) is 1.74. The van der Waals surface area contributed by atoms with Gasteiger partial charge < -0.3 is 5.73 Å². The van der Waals surface area contributed by atoms with Gasteiger partial charge in [0.25, 0.3) is 0 Å². The van der Waals surface area contributed by atoms with E-state index in [9.17, 15) is 13.2 Å². The van der Waals surface area contributed by atoms with Gasteiger partial charge >= 0.3 is 0 Å². The van der Waals surface area contributed by atoms with E-state index in [-0.39, 0.29) is 11.1 Å². The number of nitrogens with two attached hydrogens (primary N) is 1. The topological polar surface area (TPSA) is 26.0 Å². The fourth-order valence-corrected chi connectivity index (χ4v) is 2.10. The van der Waals surface area contributed by atoms with Crippen LogP contribution in [0.2, 0.25) is 0 Å². The molecule has 15 heavy (non-hydrogen) atoms. The molecule has 0 heterocycles. The van der Waals surface area contributed by atoms with Crippen molar-refractivity contribution in [2.75, 3.05) is 0 Å². The van der Waals surface area contributed by atoms with E-state index in [0.717, 1.165) is 12.8 Å². The second-order valence-corrected chi connectivity index (χ2v) is 3.90. The average Bonchev–Trinajstić information content (AvgIpc) is 2.37. The first-order valence-corrected chi connectivity index (χ1v) is 5.03. The molecule has 0 aromatic heterocycles. The van der Waals surface area contributed by atoms with Crippen LogP contribution in [-0.2, 0) is 6.42 Å². The summed E-state index contributed by atoms with van der Waals surface area (Å²) in [5.74, 6) is -2.81. The van der Waals surface area contributed by atoms with Crippen LogP contribution in [0.4, 0.5) is 13.2 Å². The van der Waals surface area contributed by atoms with Crippen LogP contribution in [0.3, 0.4) is 0 Å². The Hall–Kier alpha value is -1.03. The Morgan fingerprint density at radius 3 is 2.60 bits per heavy atom. The molecule has 0 amide bonds. The second-order valence-electron chi connectivity index (χ2n) is 3.90. The Morgan fingerprint density at radius 1 is 1.13 bits per heavy atom. The van der Waals surface area contributed by atoms with Gasteiger partial charge in [-0.3, -0.25) is 0 Å². The van der Waals surface area contributed by atoms with E-state index < -0.39 is 23.5 Å². The Labute approximate surface area is 86.1 Å². The summed E-state index contributed by atoms with van der Waals surface area (Å²) in [7, 11) is 0. The molecular weight excluding hydrogens is 203 g/mol. The number of fused-ring (bicyclic) bond motifs is 1. The summed E-state index contributed by atoms with van der Waals surface area (Å²) >= 11 is 0. The summed E-state index contributed by atoms with van der Waals surface area (Å²) in [6.45, 7) is 0. The van der Waals surface area contributed by atoms with Gasteiger partial charge in [0, 0.05) is 17.7 Å². The molecule has 1 aromatic carbocycles. The molecule has 1 aromatic rings. The van der Waals surface area contributed by atoms with Gasteiger partial charge in [-0.1, -0.05) is 6.42 Å². The highest BCUT2D eigenvalue weighted by Gasteiger charge is 2.24. The quantitative estimate of drug-likeness (QED) is 0.522. The standard InChI is InChI=1S/C11H12F3N/c12-7-5-8(13)11(14)10-6(7)3-1-2-4-9(10)15/h5,9H,1-4,15H2/t9-/m1/s1. The van der Waals surface area contributed by atoms with E-state index in [1.807, 2.05) is 0 Å². The third-order valence-corrected chi connectivity index (χ3v) is 2.88. The molecule has 0 saturated carbocycles. The van der Waals surface area contributed by atoms with Crippen molar-refractivity contribution in [2.24, 2.45) is 5.73 Å². The van der Waals surface area contributed by atoms with E-state index in [4.69, 9.17) is 5.73 Å². The Balaban J connectivity index is 2.63. The zero-order valence-electron chi connectivity index (χ0n) is 8.19. The Kier molecular flexibility index (Phi) is 2.69. The Bertz CT molecular complexity index is 390. The number of halogens is 3. The molecule has 82 valence electrons. The molecule has 0 unspecified atom stereocenters. The van der Waals surface area contributed by atoms with Crippen LogP contribution in [-0.4, -0.2) is 0 Å². The molecule has 0 saturated heterocycles. The molecule has 2 rings (SSSR count). The van der Waals surface area contributed by atoms with Crippen molar-refractivity contribution in [2.45, 2.75) is 31.7 Å². The molecular formula is C11H12F3N. The van der Waals surface area contributed by atoms with Crippen LogP contribution in [0.15, 0.2) is 6.07 Å². The first kappa shape index (κ1) is 10.5. The largest absolute Gasteiger partial charge is 0.324 e. The number of hydrogen-bond acceptors (Lipinski definition) is 1. The molecule has 1 atom stereocenters. The summed E-state index contributed by atoms with van der Waals surface area (Å²) in [5.41, 5.74) is 5.99. The van der Waals surface area contributed by atoms with Gasteiger partial charge in [0.2, 0.25) is 0 Å². The molecule has 0 aliphatic heterocycles. The number of benzene rings is 1. The fourth-order valence-electron chi connectivity index (χ4n) is 2.10. The molecule has 0 bridgehead atoms. The van der Waals surface area contributed by atoms with Gasteiger partial charge in [0.05, 0.1) is 0 Å². The molecule has 4 heteroatoms. The maximum atomic E-state index is 13.5. The van der Waals surface area contributed by atoms with E-state index in [1.165, 1.54) is 0 Å². The monoisotopic (exact) mass is 215 g/mol. The normalized spacial score (nSPS) is 20.9. The molecule has 0 radical (unpaired) electrons. The molecule has 2 N–H and O–H groups in total. The first-order chi connectivity index (χ1) is 7.11. The number of hydrogen-bond donors (Lipinski definition) is 1. The van der Waals surface area contributed by atoms with Crippen molar-refractivity contribution in [3.63, 3.8) is 0 Å². The lowest BCUT2D eigenvalue weighted by atomic mass is 9.98. The molecule has 1 aliphatic carbocycles. The van der Waals surface area contributed by atoms with Crippen LogP contribution in [0.25, 0.3) is 0 Å². The zero-order valence-corrected chi connectivity index (χ0v) is 8.19. The van der Waals surface area contributed by atoms with Crippen LogP contribution < -0.4 is 5.73 Å². The summed E-state index contributed by atoms with van der Waals surface area (Å²) < 4.78 is 39.9. The summed E-state index contributed by atoms with van der Waals surface area (Å²) in [6, 6.07) is 0.0133. The van der Waals surface area contributed by atoms with Gasteiger partial charge in [-0.15, -0.1) is 0 Å². The van der Waals surface area contributed by atoms with Gasteiger partial charge in [0.15, 0.2) is 11.6 Å². The van der Waals surface area contributed by atoms with Gasteiger partial charge in [-0.2, -0.15) is 0 Å². The SMILES string of the molecule is N[C@@H]1CCCCc2c(F)cc(F)c(F)c21. The summed E-state index contributed by atoms with van der Waals surface area (Å²) in [5, 5.41) is 0. The predicted molar refractivity (Wildman–Crippen MR) is 50.8 cm³/mol. The maximum Gasteiger partial charge on any atom is 0.164 e. The van der Waals surface area contributed by atoms with Crippen LogP contribution in [0.5, 0.6) is 0 Å².